The van der Waals surface area contributed by atoms with Gasteiger partial charge in [-0.2, -0.15) is 0 Å². The van der Waals surface area contributed by atoms with Crippen LogP contribution in [0.3, 0.4) is 0 Å². The molecule has 0 unspecified atom stereocenters. The minimum Gasteiger partial charge on any atom is -0.489 e. The smallest absolute Gasteiger partial charge is 0.195 e. The number of nitrogens with one attached hydrogen (secondary N) is 2. The first-order chi connectivity index (χ1) is 13.9. The summed E-state index contributed by atoms with van der Waals surface area (Å²) in [6.07, 6.45) is 1.08. The average Bonchev–Trinajstić information content (AvgIpc) is 2.71. The van der Waals surface area contributed by atoms with E-state index in [0.29, 0.717) is 25.6 Å². The molecule has 0 aliphatic heterocycles. The quantitative estimate of drug-likeness (QED) is 0.404. The third kappa shape index (κ3) is 9.01. The van der Waals surface area contributed by atoms with Gasteiger partial charge in [-0.05, 0) is 42.0 Å². The van der Waals surface area contributed by atoms with Gasteiger partial charge in [0.05, 0.1) is 0 Å². The van der Waals surface area contributed by atoms with Crippen LogP contribution < -0.4 is 21.1 Å². The number of hydrogen-bond donors (Lipinski definition) is 3. The molecule has 0 heterocycles. The van der Waals surface area contributed by atoms with Gasteiger partial charge in [-0.3, -0.25) is 4.99 Å². The molecule has 29 heavy (non-hydrogen) atoms. The van der Waals surface area contributed by atoms with Crippen molar-refractivity contribution in [3.8, 4) is 5.75 Å². The van der Waals surface area contributed by atoms with Gasteiger partial charge in [0, 0.05) is 24.8 Å². The fourth-order valence-electron chi connectivity index (χ4n) is 2.52. The number of anilines is 1. The van der Waals surface area contributed by atoms with E-state index in [1.165, 1.54) is 0 Å². The predicted octanol–water partition coefficient (Wildman–Crippen LogP) is 4.65. The summed E-state index contributed by atoms with van der Waals surface area (Å²) in [6.45, 7) is 11.4. The maximum atomic E-state index is 5.94. The summed E-state index contributed by atoms with van der Waals surface area (Å²) in [5, 5.41) is 6.84. The Kier molecular flexibility index (Phi) is 9.00. The molecular formula is C24H36N4O. The zero-order chi connectivity index (χ0) is 21.1. The SMILES string of the molecule is CC(C)CCNC(=NCC(C)(C)CN)Nc1cccc(OCc2ccccc2)c1. The van der Waals surface area contributed by atoms with E-state index in [-0.39, 0.29) is 5.41 Å². The number of rotatable bonds is 10. The lowest BCUT2D eigenvalue weighted by atomic mass is 9.94. The zero-order valence-electron chi connectivity index (χ0n) is 18.2. The Labute approximate surface area is 175 Å². The molecular weight excluding hydrogens is 360 g/mol. The second kappa shape index (κ2) is 11.5. The van der Waals surface area contributed by atoms with Gasteiger partial charge < -0.3 is 21.1 Å². The first-order valence-electron chi connectivity index (χ1n) is 10.4. The average molecular weight is 397 g/mol. The van der Waals surface area contributed by atoms with Crippen molar-refractivity contribution in [1.82, 2.24) is 5.32 Å². The molecule has 0 atom stereocenters. The maximum absolute atomic E-state index is 5.94. The zero-order valence-corrected chi connectivity index (χ0v) is 18.2. The van der Waals surface area contributed by atoms with E-state index >= 15 is 0 Å². The lowest BCUT2D eigenvalue weighted by Gasteiger charge is -2.21. The molecule has 2 rings (SSSR count). The molecule has 0 aliphatic rings. The number of guanidine groups is 1. The highest BCUT2D eigenvalue weighted by Gasteiger charge is 2.15. The molecule has 5 nitrogen and oxygen atoms in total. The Morgan fingerprint density at radius 3 is 2.55 bits per heavy atom. The van der Waals surface area contributed by atoms with E-state index < -0.39 is 0 Å². The summed E-state index contributed by atoms with van der Waals surface area (Å²) in [5.41, 5.74) is 7.91. The van der Waals surface area contributed by atoms with E-state index in [4.69, 9.17) is 15.5 Å². The summed E-state index contributed by atoms with van der Waals surface area (Å²) in [5.74, 6) is 2.23. The Morgan fingerprint density at radius 2 is 1.86 bits per heavy atom. The van der Waals surface area contributed by atoms with Crippen LogP contribution in [0.25, 0.3) is 0 Å². The number of benzene rings is 2. The van der Waals surface area contributed by atoms with Gasteiger partial charge in [-0.15, -0.1) is 0 Å². The van der Waals surface area contributed by atoms with Gasteiger partial charge >= 0.3 is 0 Å². The molecule has 2 aromatic rings. The monoisotopic (exact) mass is 396 g/mol. The van der Waals surface area contributed by atoms with Crippen molar-refractivity contribution in [1.29, 1.82) is 0 Å². The lowest BCUT2D eigenvalue weighted by Crippen LogP contribution is -2.34. The second-order valence-corrected chi connectivity index (χ2v) is 8.57. The summed E-state index contributed by atoms with van der Waals surface area (Å²) in [7, 11) is 0. The minimum atomic E-state index is -0.0344. The second-order valence-electron chi connectivity index (χ2n) is 8.57. The fraction of sp³-hybridized carbons (Fsp3) is 0.458. The summed E-state index contributed by atoms with van der Waals surface area (Å²) >= 11 is 0. The molecule has 0 radical (unpaired) electrons. The fourth-order valence-corrected chi connectivity index (χ4v) is 2.52. The molecule has 0 fully saturated rings. The topological polar surface area (TPSA) is 71.7 Å². The number of hydrogen-bond acceptors (Lipinski definition) is 3. The molecule has 0 saturated carbocycles. The molecule has 5 heteroatoms. The molecule has 4 N–H and O–H groups in total. The van der Waals surface area contributed by atoms with E-state index in [1.807, 2.05) is 42.5 Å². The van der Waals surface area contributed by atoms with Gasteiger partial charge in [0.15, 0.2) is 5.96 Å². The molecule has 0 saturated heterocycles. The predicted molar refractivity (Wildman–Crippen MR) is 123 cm³/mol. The normalized spacial score (nSPS) is 12.1. The van der Waals surface area contributed by atoms with Crippen molar-refractivity contribution in [2.24, 2.45) is 22.1 Å². The van der Waals surface area contributed by atoms with Crippen molar-refractivity contribution >= 4 is 11.6 Å². The Bertz CT molecular complexity index is 756. The Hall–Kier alpha value is -2.53. The highest BCUT2D eigenvalue weighted by atomic mass is 16.5. The van der Waals surface area contributed by atoms with Gasteiger partial charge in [0.1, 0.15) is 12.4 Å². The van der Waals surface area contributed by atoms with Crippen LogP contribution in [-0.4, -0.2) is 25.6 Å². The van der Waals surface area contributed by atoms with Crippen LogP contribution in [-0.2, 0) is 6.61 Å². The van der Waals surface area contributed by atoms with Crippen molar-refractivity contribution < 1.29 is 4.74 Å². The van der Waals surface area contributed by atoms with Crippen LogP contribution in [0.1, 0.15) is 39.7 Å². The van der Waals surface area contributed by atoms with Crippen LogP contribution in [0.5, 0.6) is 5.75 Å². The third-order valence-corrected chi connectivity index (χ3v) is 4.58. The molecule has 0 spiro atoms. The molecule has 0 aromatic heterocycles. The van der Waals surface area contributed by atoms with Crippen LogP contribution in [0, 0.1) is 11.3 Å². The van der Waals surface area contributed by atoms with Gasteiger partial charge in [0.2, 0.25) is 0 Å². The first-order valence-corrected chi connectivity index (χ1v) is 10.4. The van der Waals surface area contributed by atoms with Crippen LogP contribution in [0.2, 0.25) is 0 Å². The van der Waals surface area contributed by atoms with Crippen LogP contribution in [0.15, 0.2) is 59.6 Å². The molecule has 0 aliphatic carbocycles. The van der Waals surface area contributed by atoms with Gasteiger partial charge in [-0.25, -0.2) is 0 Å². The number of nitrogens with zero attached hydrogens (tertiary/aromatic N) is 1. The summed E-state index contributed by atoms with van der Waals surface area (Å²) < 4.78 is 5.94. The van der Waals surface area contributed by atoms with Gasteiger partial charge in [0.25, 0.3) is 0 Å². The highest BCUT2D eigenvalue weighted by Crippen LogP contribution is 2.19. The van der Waals surface area contributed by atoms with Gasteiger partial charge in [-0.1, -0.05) is 64.1 Å². The van der Waals surface area contributed by atoms with Crippen molar-refractivity contribution in [2.45, 2.75) is 40.7 Å². The van der Waals surface area contributed by atoms with Crippen molar-refractivity contribution in [2.75, 3.05) is 25.0 Å². The van der Waals surface area contributed by atoms with Crippen molar-refractivity contribution in [3.05, 3.63) is 60.2 Å². The molecule has 158 valence electrons. The third-order valence-electron chi connectivity index (χ3n) is 4.58. The van der Waals surface area contributed by atoms with E-state index in [0.717, 1.165) is 35.9 Å². The first kappa shape index (κ1) is 22.8. The molecule has 0 amide bonds. The van der Waals surface area contributed by atoms with E-state index in [9.17, 15) is 0 Å². The number of aliphatic imine (C=N–C) groups is 1. The van der Waals surface area contributed by atoms with Crippen LogP contribution in [0.4, 0.5) is 5.69 Å². The Balaban J connectivity index is 2.03. The van der Waals surface area contributed by atoms with Crippen molar-refractivity contribution in [3.63, 3.8) is 0 Å². The standard InChI is InChI=1S/C24H36N4O/c1-19(2)13-14-26-23(27-18-24(3,4)17-25)28-21-11-8-12-22(15-21)29-16-20-9-6-5-7-10-20/h5-12,15,19H,13-14,16-18,25H2,1-4H3,(H2,26,27,28). The van der Waals surface area contributed by atoms with E-state index in [2.05, 4.69) is 50.5 Å². The minimum absolute atomic E-state index is 0.0344. The largest absolute Gasteiger partial charge is 0.489 e. The van der Waals surface area contributed by atoms with Crippen LogP contribution >= 0.6 is 0 Å². The maximum Gasteiger partial charge on any atom is 0.195 e. The lowest BCUT2D eigenvalue weighted by molar-refractivity contribution is 0.306. The van der Waals surface area contributed by atoms with E-state index in [1.54, 1.807) is 0 Å². The molecule has 0 bridgehead atoms. The highest BCUT2D eigenvalue weighted by molar-refractivity contribution is 5.93. The number of nitrogens with two attached hydrogens (primary N) is 1. The Morgan fingerprint density at radius 1 is 1.10 bits per heavy atom. The summed E-state index contributed by atoms with van der Waals surface area (Å²) in [6, 6.07) is 18.1. The summed E-state index contributed by atoms with van der Waals surface area (Å²) in [4.78, 5) is 4.76. The number of ether oxygens (including phenoxy) is 1. The molecule has 2 aromatic carbocycles.